The van der Waals surface area contributed by atoms with Gasteiger partial charge in [0.1, 0.15) is 16.8 Å². The first-order valence-corrected chi connectivity index (χ1v) is 12.2. The predicted octanol–water partition coefficient (Wildman–Crippen LogP) is 6.58. The summed E-state index contributed by atoms with van der Waals surface area (Å²) in [6.45, 7) is 1.78. The molecule has 192 valence electrons. The number of primary amides is 1. The minimum Gasteiger partial charge on any atom is -0.496 e. The third-order valence-corrected chi connectivity index (χ3v) is 6.62. The summed E-state index contributed by atoms with van der Waals surface area (Å²) in [6, 6.07) is 25.5. The summed E-state index contributed by atoms with van der Waals surface area (Å²) in [5.41, 5.74) is 11.7. The highest BCUT2D eigenvalue weighted by Gasteiger charge is 2.21. The summed E-state index contributed by atoms with van der Waals surface area (Å²) in [4.78, 5) is 29.3. The van der Waals surface area contributed by atoms with E-state index in [0.717, 1.165) is 33.2 Å². The first-order valence-electron chi connectivity index (χ1n) is 12.2. The van der Waals surface area contributed by atoms with Crippen LogP contribution in [-0.4, -0.2) is 23.9 Å². The Balaban J connectivity index is 1.24. The molecule has 0 spiro atoms. The number of nitrogens with one attached hydrogen (secondary N) is 1. The van der Waals surface area contributed by atoms with Crippen molar-refractivity contribution in [3.8, 4) is 28.3 Å². The van der Waals surface area contributed by atoms with E-state index in [4.69, 9.17) is 19.3 Å². The average molecular weight is 518 g/mol. The number of aromatic nitrogens is 1. The molecule has 0 saturated heterocycles. The van der Waals surface area contributed by atoms with Crippen LogP contribution in [0.1, 0.15) is 26.5 Å². The lowest BCUT2D eigenvalue weighted by Gasteiger charge is -2.12. The Morgan fingerprint density at radius 1 is 0.846 bits per heavy atom. The van der Waals surface area contributed by atoms with Gasteiger partial charge in [-0.05, 0) is 73.2 Å². The number of oxazole rings is 1. The van der Waals surface area contributed by atoms with E-state index in [2.05, 4.69) is 10.3 Å². The Hall–Kier alpha value is -5.37. The number of nitrogens with zero attached hydrogens (tertiary/aromatic N) is 1. The molecular formula is C31H23N3O5. The first kappa shape index (κ1) is 24.0. The zero-order valence-electron chi connectivity index (χ0n) is 21.1. The minimum absolute atomic E-state index is 0.109. The molecule has 8 heteroatoms. The Labute approximate surface area is 223 Å². The van der Waals surface area contributed by atoms with Crippen molar-refractivity contribution >= 4 is 39.6 Å². The third-order valence-electron chi connectivity index (χ3n) is 6.62. The van der Waals surface area contributed by atoms with Crippen molar-refractivity contribution < 1.29 is 23.2 Å². The van der Waals surface area contributed by atoms with Crippen molar-refractivity contribution in [3.05, 3.63) is 102 Å². The summed E-state index contributed by atoms with van der Waals surface area (Å²) < 4.78 is 17.1. The molecule has 39 heavy (non-hydrogen) atoms. The van der Waals surface area contributed by atoms with Crippen LogP contribution in [0.5, 0.6) is 5.75 Å². The van der Waals surface area contributed by atoms with E-state index in [1.54, 1.807) is 50.4 Å². The Morgan fingerprint density at radius 2 is 1.56 bits per heavy atom. The van der Waals surface area contributed by atoms with Gasteiger partial charge in [-0.3, -0.25) is 9.59 Å². The molecular weight excluding hydrogens is 494 g/mol. The number of hydrogen-bond donors (Lipinski definition) is 2. The quantitative estimate of drug-likeness (QED) is 0.258. The van der Waals surface area contributed by atoms with Gasteiger partial charge in [-0.15, -0.1) is 0 Å². The summed E-state index contributed by atoms with van der Waals surface area (Å²) in [7, 11) is 1.58. The zero-order valence-corrected chi connectivity index (χ0v) is 21.1. The van der Waals surface area contributed by atoms with Gasteiger partial charge < -0.3 is 24.6 Å². The summed E-state index contributed by atoms with van der Waals surface area (Å²) >= 11 is 0. The molecule has 0 aliphatic carbocycles. The maximum atomic E-state index is 13.0. The van der Waals surface area contributed by atoms with Gasteiger partial charge in [-0.1, -0.05) is 24.3 Å². The van der Waals surface area contributed by atoms with Crippen molar-refractivity contribution in [1.29, 1.82) is 0 Å². The summed E-state index contributed by atoms with van der Waals surface area (Å²) in [5, 5.41) is 3.65. The van der Waals surface area contributed by atoms with Crippen molar-refractivity contribution in [1.82, 2.24) is 4.98 Å². The maximum absolute atomic E-state index is 13.0. The fourth-order valence-corrected chi connectivity index (χ4v) is 4.70. The van der Waals surface area contributed by atoms with E-state index in [0.29, 0.717) is 34.0 Å². The number of para-hydroxylation sites is 2. The van der Waals surface area contributed by atoms with E-state index in [1.165, 1.54) is 0 Å². The van der Waals surface area contributed by atoms with Crippen LogP contribution in [0.2, 0.25) is 0 Å². The van der Waals surface area contributed by atoms with E-state index in [9.17, 15) is 9.59 Å². The molecule has 0 unspecified atom stereocenters. The number of aryl methyl sites for hydroxylation is 1. The molecule has 8 nitrogen and oxygen atoms in total. The largest absolute Gasteiger partial charge is 0.496 e. The molecule has 6 rings (SSSR count). The lowest BCUT2D eigenvalue weighted by atomic mass is 9.96. The second-order valence-corrected chi connectivity index (χ2v) is 9.03. The van der Waals surface area contributed by atoms with Crippen LogP contribution in [0.3, 0.4) is 0 Å². The topological polar surface area (TPSA) is 121 Å². The number of benzene rings is 4. The van der Waals surface area contributed by atoms with Crippen LogP contribution in [0.15, 0.2) is 93.8 Å². The first-order chi connectivity index (χ1) is 18.9. The van der Waals surface area contributed by atoms with Gasteiger partial charge in [0.05, 0.1) is 7.11 Å². The highest BCUT2D eigenvalue weighted by Crippen LogP contribution is 2.41. The molecule has 2 aromatic heterocycles. The fraction of sp³-hybridized carbons (Fsp3) is 0.0645. The second kappa shape index (κ2) is 9.50. The monoisotopic (exact) mass is 517 g/mol. The van der Waals surface area contributed by atoms with Crippen LogP contribution in [0, 0.1) is 6.92 Å². The van der Waals surface area contributed by atoms with Gasteiger partial charge >= 0.3 is 0 Å². The molecule has 0 radical (unpaired) electrons. The van der Waals surface area contributed by atoms with Crippen LogP contribution in [0.4, 0.5) is 5.69 Å². The van der Waals surface area contributed by atoms with Gasteiger partial charge in [-0.25, -0.2) is 4.98 Å². The molecule has 3 N–H and O–H groups in total. The SMILES string of the molecule is COc1ccc2oc(C(N)=O)c(C)c2c1-c1ccc(C(=O)Nc2ccc(-c3nc4ccccc4o3)cc2)cc1. The predicted molar refractivity (Wildman–Crippen MR) is 149 cm³/mol. The van der Waals surface area contributed by atoms with Crippen LogP contribution in [-0.2, 0) is 0 Å². The number of carbonyl (C=O) groups is 2. The summed E-state index contributed by atoms with van der Waals surface area (Å²) in [6.07, 6.45) is 0. The Kier molecular flexibility index (Phi) is 5.84. The number of anilines is 1. The third kappa shape index (κ3) is 4.27. The van der Waals surface area contributed by atoms with Gasteiger partial charge in [0.25, 0.3) is 11.8 Å². The Morgan fingerprint density at radius 3 is 2.26 bits per heavy atom. The smallest absolute Gasteiger partial charge is 0.284 e. The van der Waals surface area contributed by atoms with Gasteiger partial charge in [0.2, 0.25) is 5.89 Å². The standard InChI is InChI=1S/C31H23N3O5/c1-17-26-25(38-28(17)29(32)35)16-15-24(37-2)27(26)18-7-9-19(10-8-18)30(36)33-21-13-11-20(12-14-21)31-34-22-5-3-4-6-23(22)39-31/h3-16H,1-2H3,(H2,32,35)(H,33,36). The van der Waals surface area contributed by atoms with Gasteiger partial charge in [-0.2, -0.15) is 0 Å². The van der Waals surface area contributed by atoms with E-state index in [1.807, 2.05) is 48.5 Å². The number of hydrogen-bond acceptors (Lipinski definition) is 6. The number of carbonyl (C=O) groups excluding carboxylic acids is 2. The average Bonchev–Trinajstić information content (AvgIpc) is 3.54. The minimum atomic E-state index is -0.637. The van der Waals surface area contributed by atoms with Gasteiger partial charge in [0.15, 0.2) is 11.3 Å². The van der Waals surface area contributed by atoms with Crippen LogP contribution >= 0.6 is 0 Å². The number of methoxy groups -OCH3 is 1. The van der Waals surface area contributed by atoms with E-state index < -0.39 is 5.91 Å². The zero-order chi connectivity index (χ0) is 27.1. The van der Waals surface area contributed by atoms with Crippen molar-refractivity contribution in [2.24, 2.45) is 5.73 Å². The van der Waals surface area contributed by atoms with Crippen molar-refractivity contribution in [2.75, 3.05) is 12.4 Å². The lowest BCUT2D eigenvalue weighted by Crippen LogP contribution is -2.11. The molecule has 6 aromatic rings. The number of amides is 2. The highest BCUT2D eigenvalue weighted by molar-refractivity contribution is 6.07. The molecule has 2 heterocycles. The molecule has 0 saturated carbocycles. The maximum Gasteiger partial charge on any atom is 0.284 e. The molecule has 0 bridgehead atoms. The van der Waals surface area contributed by atoms with Crippen molar-refractivity contribution in [3.63, 3.8) is 0 Å². The molecule has 0 fully saturated rings. The van der Waals surface area contributed by atoms with Gasteiger partial charge in [0, 0.05) is 33.3 Å². The molecule has 0 aliphatic heterocycles. The molecule has 0 atom stereocenters. The normalized spacial score (nSPS) is 11.1. The highest BCUT2D eigenvalue weighted by atomic mass is 16.5. The van der Waals surface area contributed by atoms with Crippen molar-refractivity contribution in [2.45, 2.75) is 6.92 Å². The number of ether oxygens (including phenoxy) is 1. The summed E-state index contributed by atoms with van der Waals surface area (Å²) in [5.74, 6) is 0.349. The lowest BCUT2D eigenvalue weighted by molar-refractivity contribution is 0.0974. The van der Waals surface area contributed by atoms with E-state index in [-0.39, 0.29) is 11.7 Å². The number of furan rings is 1. The number of nitrogens with two attached hydrogens (primary N) is 1. The van der Waals surface area contributed by atoms with Crippen LogP contribution in [0.25, 0.3) is 44.7 Å². The Bertz CT molecular complexity index is 1830. The number of rotatable bonds is 6. The van der Waals surface area contributed by atoms with E-state index >= 15 is 0 Å². The fourth-order valence-electron chi connectivity index (χ4n) is 4.70. The molecule has 2 amide bonds. The number of fused-ring (bicyclic) bond motifs is 2. The molecule has 4 aromatic carbocycles. The molecule has 0 aliphatic rings. The van der Waals surface area contributed by atoms with Crippen LogP contribution < -0.4 is 15.8 Å². The second-order valence-electron chi connectivity index (χ2n) is 9.03.